The van der Waals surface area contributed by atoms with Crippen LogP contribution in [0.3, 0.4) is 0 Å². The molecule has 0 aliphatic heterocycles. The van der Waals surface area contributed by atoms with E-state index in [2.05, 4.69) is 12.2 Å². The lowest BCUT2D eigenvalue weighted by Gasteiger charge is -2.20. The Kier molecular flexibility index (Phi) is 4.88. The van der Waals surface area contributed by atoms with E-state index in [0.717, 1.165) is 29.8 Å². The summed E-state index contributed by atoms with van der Waals surface area (Å²) in [6.45, 7) is 3.04. The molecule has 0 fully saturated rings. The Morgan fingerprint density at radius 3 is 2.84 bits per heavy atom. The summed E-state index contributed by atoms with van der Waals surface area (Å²) < 4.78 is 10.6. The van der Waals surface area contributed by atoms with Crippen molar-refractivity contribution in [2.24, 2.45) is 0 Å². The maximum absolute atomic E-state index is 6.11. The summed E-state index contributed by atoms with van der Waals surface area (Å²) in [7, 11) is 1.67. The lowest BCUT2D eigenvalue weighted by molar-refractivity contribution is 0.403. The second-order valence-electron chi connectivity index (χ2n) is 4.33. The molecule has 1 N–H and O–H groups in total. The van der Waals surface area contributed by atoms with Gasteiger partial charge in [-0.3, -0.25) is 0 Å². The van der Waals surface area contributed by atoms with E-state index in [1.807, 2.05) is 24.3 Å². The molecule has 0 bridgehead atoms. The SMILES string of the molecule is CCCNC(c1ccoc1)c1cc(Cl)ccc1OC. The molecule has 102 valence electrons. The minimum Gasteiger partial charge on any atom is -0.496 e. The second-order valence-corrected chi connectivity index (χ2v) is 4.77. The normalized spacial score (nSPS) is 12.4. The molecule has 1 aromatic carbocycles. The highest BCUT2D eigenvalue weighted by Gasteiger charge is 2.19. The molecule has 1 aromatic heterocycles. The van der Waals surface area contributed by atoms with Crippen molar-refractivity contribution in [3.05, 3.63) is 52.9 Å². The zero-order chi connectivity index (χ0) is 13.7. The van der Waals surface area contributed by atoms with E-state index in [1.54, 1.807) is 19.6 Å². The molecule has 0 radical (unpaired) electrons. The van der Waals surface area contributed by atoms with Gasteiger partial charge in [-0.1, -0.05) is 18.5 Å². The van der Waals surface area contributed by atoms with Crippen LogP contribution in [-0.2, 0) is 0 Å². The highest BCUT2D eigenvalue weighted by Crippen LogP contribution is 2.32. The third-order valence-electron chi connectivity index (χ3n) is 2.98. The molecular formula is C15H18ClNO2. The van der Waals surface area contributed by atoms with E-state index in [1.165, 1.54) is 0 Å². The van der Waals surface area contributed by atoms with Gasteiger partial charge in [0, 0.05) is 16.1 Å². The number of hydrogen-bond acceptors (Lipinski definition) is 3. The number of furan rings is 1. The molecule has 0 aliphatic rings. The van der Waals surface area contributed by atoms with Gasteiger partial charge in [-0.2, -0.15) is 0 Å². The molecule has 0 amide bonds. The summed E-state index contributed by atoms with van der Waals surface area (Å²) in [6.07, 6.45) is 4.47. The molecule has 1 atom stereocenters. The first kappa shape index (κ1) is 14.0. The molecule has 0 saturated heterocycles. The topological polar surface area (TPSA) is 34.4 Å². The fraction of sp³-hybridized carbons (Fsp3) is 0.333. The summed E-state index contributed by atoms with van der Waals surface area (Å²) in [5.74, 6) is 0.819. The van der Waals surface area contributed by atoms with Gasteiger partial charge in [-0.25, -0.2) is 0 Å². The van der Waals surface area contributed by atoms with E-state index in [9.17, 15) is 0 Å². The Bertz CT molecular complexity index is 511. The number of benzene rings is 1. The minimum absolute atomic E-state index is 0.0207. The quantitative estimate of drug-likeness (QED) is 0.867. The molecule has 3 nitrogen and oxygen atoms in total. The largest absolute Gasteiger partial charge is 0.496 e. The molecule has 2 rings (SSSR count). The third-order valence-corrected chi connectivity index (χ3v) is 3.21. The zero-order valence-electron chi connectivity index (χ0n) is 11.2. The van der Waals surface area contributed by atoms with Crippen molar-refractivity contribution in [3.63, 3.8) is 0 Å². The van der Waals surface area contributed by atoms with Crippen LogP contribution in [0, 0.1) is 0 Å². The van der Waals surface area contributed by atoms with Crippen LogP contribution in [0.1, 0.15) is 30.5 Å². The summed E-state index contributed by atoms with van der Waals surface area (Å²) >= 11 is 6.11. The van der Waals surface area contributed by atoms with Gasteiger partial charge < -0.3 is 14.5 Å². The van der Waals surface area contributed by atoms with Gasteiger partial charge in [-0.05, 0) is 37.2 Å². The Morgan fingerprint density at radius 1 is 1.37 bits per heavy atom. The Morgan fingerprint density at radius 2 is 2.21 bits per heavy atom. The van der Waals surface area contributed by atoms with Crippen LogP contribution in [0.25, 0.3) is 0 Å². The predicted octanol–water partition coefficient (Wildman–Crippen LogP) is 4.03. The number of methoxy groups -OCH3 is 1. The van der Waals surface area contributed by atoms with Gasteiger partial charge in [0.05, 0.1) is 25.7 Å². The smallest absolute Gasteiger partial charge is 0.124 e. The molecular weight excluding hydrogens is 262 g/mol. The number of rotatable bonds is 6. The van der Waals surface area contributed by atoms with Crippen molar-refractivity contribution < 1.29 is 9.15 Å². The molecule has 0 aliphatic carbocycles. The first-order chi connectivity index (χ1) is 9.26. The summed E-state index contributed by atoms with van der Waals surface area (Å²) in [5, 5.41) is 4.19. The molecule has 2 aromatic rings. The Labute approximate surface area is 118 Å². The van der Waals surface area contributed by atoms with Crippen molar-refractivity contribution >= 4 is 11.6 Å². The molecule has 4 heteroatoms. The van der Waals surface area contributed by atoms with Crippen LogP contribution < -0.4 is 10.1 Å². The number of nitrogens with one attached hydrogen (secondary N) is 1. The van der Waals surface area contributed by atoms with E-state index in [4.69, 9.17) is 20.8 Å². The molecule has 0 spiro atoms. The van der Waals surface area contributed by atoms with Crippen LogP contribution in [-0.4, -0.2) is 13.7 Å². The van der Waals surface area contributed by atoms with Crippen molar-refractivity contribution in [1.82, 2.24) is 5.32 Å². The fourth-order valence-corrected chi connectivity index (χ4v) is 2.25. The van der Waals surface area contributed by atoms with Crippen molar-refractivity contribution in [1.29, 1.82) is 0 Å². The Balaban J connectivity index is 2.39. The van der Waals surface area contributed by atoms with E-state index in [0.29, 0.717) is 5.02 Å². The summed E-state index contributed by atoms with van der Waals surface area (Å²) in [5.41, 5.74) is 2.08. The first-order valence-electron chi connectivity index (χ1n) is 6.35. The zero-order valence-corrected chi connectivity index (χ0v) is 11.9. The van der Waals surface area contributed by atoms with Crippen molar-refractivity contribution in [3.8, 4) is 5.75 Å². The highest BCUT2D eigenvalue weighted by molar-refractivity contribution is 6.30. The van der Waals surface area contributed by atoms with Gasteiger partial charge in [0.15, 0.2) is 0 Å². The van der Waals surface area contributed by atoms with Crippen molar-refractivity contribution in [2.45, 2.75) is 19.4 Å². The maximum atomic E-state index is 6.11. The molecule has 1 unspecified atom stereocenters. The monoisotopic (exact) mass is 279 g/mol. The Hall–Kier alpha value is -1.45. The third kappa shape index (κ3) is 3.31. The number of halogens is 1. The molecule has 1 heterocycles. The maximum Gasteiger partial charge on any atom is 0.124 e. The van der Waals surface area contributed by atoms with Crippen LogP contribution in [0.15, 0.2) is 41.2 Å². The van der Waals surface area contributed by atoms with E-state index >= 15 is 0 Å². The van der Waals surface area contributed by atoms with E-state index < -0.39 is 0 Å². The van der Waals surface area contributed by atoms with Gasteiger partial charge >= 0.3 is 0 Å². The lowest BCUT2D eigenvalue weighted by Crippen LogP contribution is -2.23. The lowest BCUT2D eigenvalue weighted by atomic mass is 10.00. The van der Waals surface area contributed by atoms with Gasteiger partial charge in [0.2, 0.25) is 0 Å². The standard InChI is InChI=1S/C15H18ClNO2/c1-3-7-17-15(11-6-8-19-10-11)13-9-12(16)4-5-14(13)18-2/h4-6,8-10,15,17H,3,7H2,1-2H3. The van der Waals surface area contributed by atoms with Crippen LogP contribution >= 0.6 is 11.6 Å². The first-order valence-corrected chi connectivity index (χ1v) is 6.73. The van der Waals surface area contributed by atoms with E-state index in [-0.39, 0.29) is 6.04 Å². The van der Waals surface area contributed by atoms with Gasteiger partial charge in [0.25, 0.3) is 0 Å². The van der Waals surface area contributed by atoms with Gasteiger partial charge in [-0.15, -0.1) is 0 Å². The average molecular weight is 280 g/mol. The van der Waals surface area contributed by atoms with Crippen molar-refractivity contribution in [2.75, 3.05) is 13.7 Å². The number of ether oxygens (including phenoxy) is 1. The van der Waals surface area contributed by atoms with Gasteiger partial charge in [0.1, 0.15) is 5.75 Å². The van der Waals surface area contributed by atoms with Crippen LogP contribution in [0.5, 0.6) is 5.75 Å². The molecule has 19 heavy (non-hydrogen) atoms. The highest BCUT2D eigenvalue weighted by atomic mass is 35.5. The predicted molar refractivity (Wildman–Crippen MR) is 76.8 cm³/mol. The average Bonchev–Trinajstić information content (AvgIpc) is 2.93. The van der Waals surface area contributed by atoms with Crippen LogP contribution in [0.4, 0.5) is 0 Å². The van der Waals surface area contributed by atoms with Crippen LogP contribution in [0.2, 0.25) is 5.02 Å². The second kappa shape index (κ2) is 6.64. The fourth-order valence-electron chi connectivity index (χ4n) is 2.07. The number of hydrogen-bond donors (Lipinski definition) is 1. The summed E-state index contributed by atoms with van der Waals surface area (Å²) in [4.78, 5) is 0. The molecule has 0 saturated carbocycles. The minimum atomic E-state index is 0.0207. The summed E-state index contributed by atoms with van der Waals surface area (Å²) in [6, 6.07) is 7.62.